The number of amides is 2. The van der Waals surface area contributed by atoms with E-state index in [-0.39, 0.29) is 110 Å². The van der Waals surface area contributed by atoms with Gasteiger partial charge in [-0.2, -0.15) is 0 Å². The highest BCUT2D eigenvalue weighted by Gasteiger charge is 2.42. The van der Waals surface area contributed by atoms with Crippen LogP contribution in [0.3, 0.4) is 0 Å². The number of ether oxygens (including phenoxy) is 7. The van der Waals surface area contributed by atoms with Gasteiger partial charge >= 0.3 is 27.6 Å². The maximum Gasteiger partial charge on any atom is 0.475 e. The molecule has 87 heavy (non-hydrogen) atoms. The van der Waals surface area contributed by atoms with Gasteiger partial charge < -0.3 is 43.0 Å². The molecule has 5 aromatic carbocycles. The molecule has 22 nitrogen and oxygen atoms in total. The first-order valence-corrected chi connectivity index (χ1v) is 30.9. The molecule has 0 saturated carbocycles. The molecule has 470 valence electrons. The number of phosphoric acid groups is 2. The summed E-state index contributed by atoms with van der Waals surface area (Å²) in [6, 6.07) is 43.1. The number of carbonyl (C=O) groups excluding carboxylic acids is 4. The summed E-state index contributed by atoms with van der Waals surface area (Å²) < 4.78 is 104. The van der Waals surface area contributed by atoms with Gasteiger partial charge in [-0.05, 0) is 74.2 Å². The van der Waals surface area contributed by atoms with Gasteiger partial charge in [0.1, 0.15) is 5.75 Å². The lowest BCUT2D eigenvalue weighted by Crippen LogP contribution is -2.36. The molecule has 0 aliphatic carbocycles. The van der Waals surface area contributed by atoms with Gasteiger partial charge in [0.25, 0.3) is 11.8 Å². The van der Waals surface area contributed by atoms with Crippen LogP contribution in [-0.2, 0) is 91.2 Å². The fourth-order valence-corrected chi connectivity index (χ4v) is 10.0. The number of methoxy groups -OCH3 is 1. The van der Waals surface area contributed by atoms with Crippen LogP contribution in [0.2, 0.25) is 0 Å². The third-order valence-electron chi connectivity index (χ3n) is 12.7. The standard InChI is InChI=1S/C63H79N3O19P2/c1-62(2,46-76-36-34-74-38-40-78-86(71,80-42-48-22-14-10-15-23-48)81-43-49-24-16-11-17-25-49)60(69)84-56-54(58(67)64(5)6)66(52-30-32-53(73-9)33-31-52)55(59(68)65(7)8)57(56)85-61(70)63(3,4)47-77-37-35-75-39-41-79-87(72,82-44-50-26-18-12-19-27-50)83-45-51-28-20-13-21-29-51/h10-33H,34-47H2,1-9H3. The lowest BCUT2D eigenvalue weighted by Gasteiger charge is -2.24. The average molecular weight is 1240 g/mol. The van der Waals surface area contributed by atoms with E-state index in [0.29, 0.717) is 5.75 Å². The van der Waals surface area contributed by atoms with Crippen LogP contribution in [0.25, 0.3) is 5.69 Å². The Hall–Kier alpha value is -6.88. The molecular formula is C63H79N3O19P2. The first-order valence-electron chi connectivity index (χ1n) is 28.0. The molecule has 0 atom stereocenters. The summed E-state index contributed by atoms with van der Waals surface area (Å²) in [5, 5.41) is 0. The van der Waals surface area contributed by atoms with Crippen molar-refractivity contribution in [1.29, 1.82) is 0 Å². The summed E-state index contributed by atoms with van der Waals surface area (Å²) in [5.41, 5.74) is -0.109. The number of hydrogen-bond acceptors (Lipinski definition) is 19. The number of benzene rings is 5. The molecule has 1 heterocycles. The summed E-state index contributed by atoms with van der Waals surface area (Å²) >= 11 is 0. The van der Waals surface area contributed by atoms with Crippen molar-refractivity contribution in [2.75, 3.05) is 101 Å². The van der Waals surface area contributed by atoms with Crippen molar-refractivity contribution in [3.63, 3.8) is 0 Å². The SMILES string of the molecule is COc1ccc(-n2c(C(=O)N(C)C)c(OC(=O)C(C)(C)COCCOCCOP(=O)(OCc3ccccc3)OCc3ccccc3)c(OC(=O)C(C)(C)COCCOCCOP(=O)(OCc3ccccc3)OCc3ccccc3)c2C(=O)N(C)C)cc1. The van der Waals surface area contributed by atoms with Crippen LogP contribution in [0, 0.1) is 10.8 Å². The fourth-order valence-electron chi connectivity index (χ4n) is 7.74. The Labute approximate surface area is 508 Å². The molecule has 0 spiro atoms. The zero-order valence-electron chi connectivity index (χ0n) is 50.7. The third-order valence-corrected chi connectivity index (χ3v) is 15.5. The van der Waals surface area contributed by atoms with Crippen molar-refractivity contribution in [2.45, 2.75) is 54.1 Å². The minimum Gasteiger partial charge on any atom is -0.497 e. The normalized spacial score (nSPS) is 12.0. The van der Waals surface area contributed by atoms with E-state index in [2.05, 4.69) is 0 Å². The second kappa shape index (κ2) is 34.0. The Bertz CT molecular complexity index is 2920. The number of phosphoric ester groups is 2. The molecule has 0 N–H and O–H groups in total. The molecule has 0 radical (unpaired) electrons. The largest absolute Gasteiger partial charge is 0.497 e. The van der Waals surface area contributed by atoms with Crippen molar-refractivity contribution < 1.29 is 88.6 Å². The van der Waals surface area contributed by atoms with Crippen molar-refractivity contribution in [1.82, 2.24) is 14.4 Å². The van der Waals surface area contributed by atoms with Crippen LogP contribution in [0.15, 0.2) is 146 Å². The summed E-state index contributed by atoms with van der Waals surface area (Å²) in [4.78, 5) is 60.3. The van der Waals surface area contributed by atoms with Crippen molar-refractivity contribution in [2.24, 2.45) is 10.8 Å². The van der Waals surface area contributed by atoms with E-state index in [4.69, 9.17) is 60.3 Å². The number of carbonyl (C=O) groups is 4. The predicted octanol–water partition coefficient (Wildman–Crippen LogP) is 10.9. The van der Waals surface area contributed by atoms with Crippen molar-refractivity contribution in [3.8, 4) is 22.9 Å². The number of rotatable bonds is 38. The van der Waals surface area contributed by atoms with Crippen LogP contribution in [0.1, 0.15) is 70.9 Å². The number of hydrogen-bond donors (Lipinski definition) is 0. The molecule has 2 amide bonds. The Morgan fingerprint density at radius 3 is 1.01 bits per heavy atom. The van der Waals surface area contributed by atoms with E-state index >= 15 is 0 Å². The molecule has 6 rings (SSSR count). The second-order valence-electron chi connectivity index (χ2n) is 21.3. The molecule has 0 unspecified atom stereocenters. The molecule has 24 heteroatoms. The minimum absolute atomic E-state index is 0.00280. The quantitative estimate of drug-likeness (QED) is 0.0199. The lowest BCUT2D eigenvalue weighted by atomic mass is 9.95. The Morgan fingerprint density at radius 2 is 0.713 bits per heavy atom. The Kier molecular flexibility index (Phi) is 27.1. The first kappa shape index (κ1) is 69.2. The summed E-state index contributed by atoms with van der Waals surface area (Å²) in [7, 11) is -0.702. The van der Waals surface area contributed by atoms with E-state index in [1.807, 2.05) is 121 Å². The molecule has 0 aliphatic rings. The highest BCUT2D eigenvalue weighted by atomic mass is 31.2. The zero-order chi connectivity index (χ0) is 62.9. The predicted molar refractivity (Wildman–Crippen MR) is 323 cm³/mol. The minimum atomic E-state index is -4.04. The molecule has 0 aliphatic heterocycles. The van der Waals surface area contributed by atoms with Gasteiger partial charge in [-0.3, -0.25) is 50.9 Å². The molecule has 6 aromatic rings. The van der Waals surface area contributed by atoms with E-state index < -0.39 is 61.7 Å². The molecule has 0 fully saturated rings. The number of esters is 2. The molecule has 0 saturated heterocycles. The van der Waals surface area contributed by atoms with Crippen LogP contribution < -0.4 is 14.2 Å². The van der Waals surface area contributed by atoms with E-state index in [9.17, 15) is 28.3 Å². The average Bonchev–Trinajstić information content (AvgIpc) is 1.75. The molecule has 1 aromatic heterocycles. The van der Waals surface area contributed by atoms with Gasteiger partial charge in [-0.25, -0.2) is 9.13 Å². The van der Waals surface area contributed by atoms with Gasteiger partial charge in [0.15, 0.2) is 11.4 Å². The highest BCUT2D eigenvalue weighted by molar-refractivity contribution is 7.48. The van der Waals surface area contributed by atoms with Gasteiger partial charge in [0.05, 0.1) is 110 Å². The van der Waals surface area contributed by atoms with Gasteiger partial charge in [-0.1, -0.05) is 121 Å². The maximum absolute atomic E-state index is 14.5. The van der Waals surface area contributed by atoms with Crippen LogP contribution in [0.4, 0.5) is 0 Å². The van der Waals surface area contributed by atoms with Gasteiger partial charge in [0.2, 0.25) is 11.5 Å². The number of nitrogens with zero attached hydrogens (tertiary/aromatic N) is 3. The van der Waals surface area contributed by atoms with Gasteiger partial charge in [-0.15, -0.1) is 0 Å². The van der Waals surface area contributed by atoms with E-state index in [0.717, 1.165) is 22.3 Å². The summed E-state index contributed by atoms with van der Waals surface area (Å²) in [5.74, 6) is -3.79. The smallest absolute Gasteiger partial charge is 0.475 e. The summed E-state index contributed by atoms with van der Waals surface area (Å²) in [6.07, 6.45) is 0. The topological polar surface area (TPSA) is 234 Å². The van der Waals surface area contributed by atoms with Crippen LogP contribution in [0.5, 0.6) is 17.2 Å². The number of aromatic nitrogens is 1. The molecule has 0 bridgehead atoms. The zero-order valence-corrected chi connectivity index (χ0v) is 52.5. The Morgan fingerprint density at radius 1 is 0.414 bits per heavy atom. The monoisotopic (exact) mass is 1240 g/mol. The van der Waals surface area contributed by atoms with E-state index in [1.54, 1.807) is 52.0 Å². The fraction of sp³-hybridized carbons (Fsp3) is 0.397. The first-order chi connectivity index (χ1) is 41.6. The Balaban J connectivity index is 1.10. The van der Waals surface area contributed by atoms with Crippen LogP contribution >= 0.6 is 15.6 Å². The lowest BCUT2D eigenvalue weighted by molar-refractivity contribution is -0.150. The molecular weight excluding hydrogens is 1160 g/mol. The van der Waals surface area contributed by atoms with Crippen molar-refractivity contribution >= 4 is 39.4 Å². The highest BCUT2D eigenvalue weighted by Crippen LogP contribution is 2.52. The second-order valence-corrected chi connectivity index (χ2v) is 24.6. The third kappa shape index (κ3) is 21.7. The summed E-state index contributed by atoms with van der Waals surface area (Å²) in [6.45, 7) is 5.52. The van der Waals surface area contributed by atoms with Crippen molar-refractivity contribution in [3.05, 3.63) is 179 Å². The van der Waals surface area contributed by atoms with Crippen LogP contribution in [-0.4, -0.2) is 139 Å². The van der Waals surface area contributed by atoms with E-state index in [1.165, 1.54) is 49.7 Å². The maximum atomic E-state index is 14.5. The van der Waals surface area contributed by atoms with Gasteiger partial charge in [0, 0.05) is 33.9 Å².